The molecule has 0 saturated heterocycles. The number of hydrogen-bond acceptors (Lipinski definition) is 3. The number of pyridine rings is 1. The number of unbranched alkanes of at least 4 members (excludes halogenated alkanes) is 2. The van der Waals surface area contributed by atoms with Crippen molar-refractivity contribution in [1.82, 2.24) is 9.88 Å². The second-order valence-corrected chi connectivity index (χ2v) is 4.89. The predicted molar refractivity (Wildman–Crippen MR) is 79.6 cm³/mol. The fourth-order valence-electron chi connectivity index (χ4n) is 2.23. The molecule has 20 heavy (non-hydrogen) atoms. The molecule has 1 heterocycles. The van der Waals surface area contributed by atoms with E-state index in [1.807, 2.05) is 31.3 Å². The molecule has 2 aromatic rings. The molecule has 0 aliphatic carbocycles. The van der Waals surface area contributed by atoms with E-state index < -0.39 is 0 Å². The van der Waals surface area contributed by atoms with Gasteiger partial charge in [0.2, 0.25) is 0 Å². The fraction of sp³-hybridized carbons (Fsp3) is 0.375. The summed E-state index contributed by atoms with van der Waals surface area (Å²) in [5, 5.41) is 9.64. The molecule has 1 aromatic carbocycles. The minimum Gasteiger partial charge on any atom is -0.396 e. The summed E-state index contributed by atoms with van der Waals surface area (Å²) in [6.07, 6.45) is 4.31. The zero-order valence-electron chi connectivity index (χ0n) is 11.7. The van der Waals surface area contributed by atoms with E-state index in [4.69, 9.17) is 5.11 Å². The summed E-state index contributed by atoms with van der Waals surface area (Å²) in [6, 6.07) is 9.45. The molecule has 0 radical (unpaired) electrons. The highest BCUT2D eigenvalue weighted by molar-refractivity contribution is 6.05. The first-order valence-electron chi connectivity index (χ1n) is 6.94. The number of aliphatic hydroxyl groups excluding tert-OH is 1. The highest BCUT2D eigenvalue weighted by Crippen LogP contribution is 2.17. The van der Waals surface area contributed by atoms with Crippen molar-refractivity contribution in [2.75, 3.05) is 20.2 Å². The van der Waals surface area contributed by atoms with E-state index in [1.54, 1.807) is 17.2 Å². The molecular formula is C16H20N2O2. The third-order valence-electron chi connectivity index (χ3n) is 3.38. The van der Waals surface area contributed by atoms with Crippen LogP contribution in [0.2, 0.25) is 0 Å². The zero-order chi connectivity index (χ0) is 14.4. The summed E-state index contributed by atoms with van der Waals surface area (Å²) >= 11 is 0. The Balaban J connectivity index is 2.10. The van der Waals surface area contributed by atoms with E-state index in [0.717, 1.165) is 30.2 Å². The lowest BCUT2D eigenvalue weighted by atomic mass is 10.1. The van der Waals surface area contributed by atoms with E-state index in [2.05, 4.69) is 4.98 Å². The maximum atomic E-state index is 12.5. The number of carbonyl (C=O) groups is 1. The molecule has 1 amide bonds. The number of aliphatic hydroxyl groups is 1. The standard InChI is InChI=1S/C16H20N2O2/c1-18(11-5-2-6-12-19)16(20)14-9-10-17-15-8-4-3-7-13(14)15/h3-4,7-10,19H,2,5-6,11-12H2,1H3. The number of nitrogens with zero attached hydrogens (tertiary/aromatic N) is 2. The Morgan fingerprint density at radius 3 is 2.80 bits per heavy atom. The topological polar surface area (TPSA) is 53.4 Å². The normalized spacial score (nSPS) is 10.7. The van der Waals surface area contributed by atoms with Gasteiger partial charge in [-0.15, -0.1) is 0 Å². The van der Waals surface area contributed by atoms with Gasteiger partial charge in [0.1, 0.15) is 0 Å². The number of fused-ring (bicyclic) bond motifs is 1. The maximum absolute atomic E-state index is 12.5. The first-order valence-corrected chi connectivity index (χ1v) is 6.94. The summed E-state index contributed by atoms with van der Waals surface area (Å²) in [5.41, 5.74) is 1.53. The summed E-state index contributed by atoms with van der Waals surface area (Å²) in [7, 11) is 1.82. The van der Waals surface area contributed by atoms with Crippen molar-refractivity contribution in [2.45, 2.75) is 19.3 Å². The van der Waals surface area contributed by atoms with Crippen LogP contribution in [-0.4, -0.2) is 41.1 Å². The molecule has 0 aliphatic heterocycles. The molecule has 0 bridgehead atoms. The number of hydrogen-bond donors (Lipinski definition) is 1. The lowest BCUT2D eigenvalue weighted by molar-refractivity contribution is 0.0794. The first-order chi connectivity index (χ1) is 9.74. The number of para-hydroxylation sites is 1. The molecule has 1 aromatic heterocycles. The fourth-order valence-corrected chi connectivity index (χ4v) is 2.23. The monoisotopic (exact) mass is 272 g/mol. The Morgan fingerprint density at radius 2 is 2.00 bits per heavy atom. The molecule has 0 spiro atoms. The van der Waals surface area contributed by atoms with Crippen molar-refractivity contribution in [3.8, 4) is 0 Å². The van der Waals surface area contributed by atoms with Crippen molar-refractivity contribution >= 4 is 16.8 Å². The van der Waals surface area contributed by atoms with Crippen molar-refractivity contribution < 1.29 is 9.90 Å². The Labute approximate surface area is 119 Å². The Bertz CT molecular complexity index is 578. The summed E-state index contributed by atoms with van der Waals surface area (Å²) in [4.78, 5) is 18.5. The Morgan fingerprint density at radius 1 is 1.20 bits per heavy atom. The van der Waals surface area contributed by atoms with E-state index in [0.29, 0.717) is 12.1 Å². The molecule has 0 aliphatic rings. The molecular weight excluding hydrogens is 252 g/mol. The van der Waals surface area contributed by atoms with Crippen LogP contribution in [-0.2, 0) is 0 Å². The maximum Gasteiger partial charge on any atom is 0.254 e. The predicted octanol–water partition coefficient (Wildman–Crippen LogP) is 2.47. The SMILES string of the molecule is CN(CCCCCO)C(=O)c1ccnc2ccccc12. The van der Waals surface area contributed by atoms with Crippen LogP contribution in [0.15, 0.2) is 36.5 Å². The van der Waals surface area contributed by atoms with Gasteiger partial charge in [-0.2, -0.15) is 0 Å². The van der Waals surface area contributed by atoms with E-state index in [9.17, 15) is 4.79 Å². The first kappa shape index (κ1) is 14.5. The second kappa shape index (κ2) is 7.01. The minimum atomic E-state index is 0.0209. The van der Waals surface area contributed by atoms with Crippen molar-refractivity contribution in [3.05, 3.63) is 42.1 Å². The minimum absolute atomic E-state index is 0.0209. The smallest absolute Gasteiger partial charge is 0.254 e. The van der Waals surface area contributed by atoms with Gasteiger partial charge in [-0.25, -0.2) is 0 Å². The van der Waals surface area contributed by atoms with Crippen LogP contribution in [0.25, 0.3) is 10.9 Å². The van der Waals surface area contributed by atoms with E-state index >= 15 is 0 Å². The molecule has 4 heteroatoms. The van der Waals surface area contributed by atoms with Gasteiger partial charge in [0.05, 0.1) is 11.1 Å². The van der Waals surface area contributed by atoms with Crippen molar-refractivity contribution in [2.24, 2.45) is 0 Å². The van der Waals surface area contributed by atoms with Gasteiger partial charge in [0.25, 0.3) is 5.91 Å². The average Bonchev–Trinajstić information content (AvgIpc) is 2.50. The van der Waals surface area contributed by atoms with Gasteiger partial charge in [-0.1, -0.05) is 18.2 Å². The highest BCUT2D eigenvalue weighted by Gasteiger charge is 2.14. The van der Waals surface area contributed by atoms with Crippen LogP contribution in [0.5, 0.6) is 0 Å². The van der Waals surface area contributed by atoms with Crippen molar-refractivity contribution in [3.63, 3.8) is 0 Å². The zero-order valence-corrected chi connectivity index (χ0v) is 11.7. The number of benzene rings is 1. The lowest BCUT2D eigenvalue weighted by Gasteiger charge is -2.18. The molecule has 0 unspecified atom stereocenters. The van der Waals surface area contributed by atoms with Crippen LogP contribution in [0.4, 0.5) is 0 Å². The third-order valence-corrected chi connectivity index (χ3v) is 3.38. The van der Waals surface area contributed by atoms with Crippen LogP contribution in [0.3, 0.4) is 0 Å². The number of aromatic nitrogens is 1. The number of rotatable bonds is 6. The summed E-state index contributed by atoms with van der Waals surface area (Å²) < 4.78 is 0. The average molecular weight is 272 g/mol. The largest absolute Gasteiger partial charge is 0.396 e. The van der Waals surface area contributed by atoms with Crippen molar-refractivity contribution in [1.29, 1.82) is 0 Å². The van der Waals surface area contributed by atoms with Gasteiger partial charge in [0.15, 0.2) is 0 Å². The van der Waals surface area contributed by atoms with Crippen LogP contribution < -0.4 is 0 Å². The molecule has 4 nitrogen and oxygen atoms in total. The summed E-state index contributed by atoms with van der Waals surface area (Å²) in [5.74, 6) is 0.0209. The van der Waals surface area contributed by atoms with Gasteiger partial charge in [0, 0.05) is 31.8 Å². The van der Waals surface area contributed by atoms with Gasteiger partial charge >= 0.3 is 0 Å². The quantitative estimate of drug-likeness (QED) is 0.822. The molecule has 106 valence electrons. The van der Waals surface area contributed by atoms with Gasteiger partial charge in [-0.3, -0.25) is 9.78 Å². The Hall–Kier alpha value is -1.94. The third kappa shape index (κ3) is 3.33. The molecule has 0 atom stereocenters. The molecule has 2 rings (SSSR count). The highest BCUT2D eigenvalue weighted by atomic mass is 16.2. The number of carbonyl (C=O) groups excluding carboxylic acids is 1. The van der Waals surface area contributed by atoms with Crippen LogP contribution in [0.1, 0.15) is 29.6 Å². The molecule has 1 N–H and O–H groups in total. The number of amides is 1. The van der Waals surface area contributed by atoms with Crippen LogP contribution in [0, 0.1) is 0 Å². The van der Waals surface area contributed by atoms with Gasteiger partial charge in [-0.05, 0) is 31.4 Å². The second-order valence-electron chi connectivity index (χ2n) is 4.89. The van der Waals surface area contributed by atoms with E-state index in [-0.39, 0.29) is 12.5 Å². The van der Waals surface area contributed by atoms with Gasteiger partial charge < -0.3 is 10.0 Å². The van der Waals surface area contributed by atoms with E-state index in [1.165, 1.54) is 0 Å². The summed E-state index contributed by atoms with van der Waals surface area (Å²) in [6.45, 7) is 0.919. The molecule has 0 fully saturated rings. The lowest BCUT2D eigenvalue weighted by Crippen LogP contribution is -2.28. The molecule has 0 saturated carbocycles. The Kier molecular flexibility index (Phi) is 5.07. The van der Waals surface area contributed by atoms with Crippen LogP contribution >= 0.6 is 0 Å².